The van der Waals surface area contributed by atoms with Crippen molar-refractivity contribution in [2.24, 2.45) is 0 Å². The highest BCUT2D eigenvalue weighted by Crippen LogP contribution is 2.30. The molecular formula is C22H21FN4. The average Bonchev–Trinajstić information content (AvgIpc) is 2.99. The van der Waals surface area contributed by atoms with Gasteiger partial charge >= 0.3 is 0 Å². The fourth-order valence-corrected chi connectivity index (χ4v) is 2.60. The Labute approximate surface area is 157 Å². The van der Waals surface area contributed by atoms with Crippen molar-refractivity contribution in [2.75, 3.05) is 11.5 Å². The maximum atomic E-state index is 13.3. The van der Waals surface area contributed by atoms with E-state index in [1.54, 1.807) is 16.8 Å². The molecule has 4 aromatic rings. The lowest BCUT2D eigenvalue weighted by atomic mass is 10.1. The smallest absolute Gasteiger partial charge is 0.146 e. The number of halogens is 1. The number of benzene rings is 3. The summed E-state index contributed by atoms with van der Waals surface area (Å²) in [5.74, 6) is 0.0567. The third-order valence-corrected chi connectivity index (χ3v) is 3.97. The van der Waals surface area contributed by atoms with E-state index in [1.165, 1.54) is 12.1 Å². The molecule has 4 rings (SSSR count). The summed E-state index contributed by atoms with van der Waals surface area (Å²) in [6.45, 7) is 0.520. The van der Waals surface area contributed by atoms with Crippen molar-refractivity contribution in [1.82, 2.24) is 9.78 Å². The van der Waals surface area contributed by atoms with Crippen LogP contribution in [0.3, 0.4) is 0 Å². The highest BCUT2D eigenvalue weighted by Gasteiger charge is 2.15. The molecule has 0 atom stereocenters. The van der Waals surface area contributed by atoms with Crippen molar-refractivity contribution in [1.29, 1.82) is 0 Å². The summed E-state index contributed by atoms with van der Waals surface area (Å²) < 4.78 is 15.0. The summed E-state index contributed by atoms with van der Waals surface area (Å²) >= 11 is 0. The van der Waals surface area contributed by atoms with Crippen LogP contribution < -0.4 is 11.5 Å². The van der Waals surface area contributed by atoms with E-state index >= 15 is 0 Å². The fourth-order valence-electron chi connectivity index (χ4n) is 2.60. The molecule has 0 amide bonds. The molecule has 4 N–H and O–H groups in total. The van der Waals surface area contributed by atoms with Crippen LogP contribution >= 0.6 is 0 Å². The number of hydrogen-bond donors (Lipinski definition) is 2. The summed E-state index contributed by atoms with van der Waals surface area (Å²) in [5, 5.41) is 4.42. The predicted octanol–water partition coefficient (Wildman–Crippen LogP) is 4.59. The highest BCUT2D eigenvalue weighted by molar-refractivity contribution is 5.80. The molecule has 0 aliphatic carbocycles. The second-order valence-electron chi connectivity index (χ2n) is 5.96. The van der Waals surface area contributed by atoms with Gasteiger partial charge in [-0.15, -0.1) is 0 Å². The van der Waals surface area contributed by atoms with Crippen molar-refractivity contribution in [3.8, 4) is 11.3 Å². The third-order valence-electron chi connectivity index (χ3n) is 3.97. The SMILES string of the molecule is Nc1c(-c2cccc(F)c2)nn(Cc2ccccc2)c1N.c1ccccc1. The number of nitrogens with two attached hydrogens (primary N) is 2. The quantitative estimate of drug-likeness (QED) is 0.561. The van der Waals surface area contributed by atoms with Gasteiger partial charge in [-0.25, -0.2) is 9.07 Å². The molecule has 1 heterocycles. The Balaban J connectivity index is 0.000000299. The van der Waals surface area contributed by atoms with Gasteiger partial charge in [0.15, 0.2) is 0 Å². The van der Waals surface area contributed by atoms with E-state index < -0.39 is 0 Å². The van der Waals surface area contributed by atoms with Crippen LogP contribution in [0.5, 0.6) is 0 Å². The van der Waals surface area contributed by atoms with Gasteiger partial charge in [-0.05, 0) is 17.7 Å². The van der Waals surface area contributed by atoms with E-state index in [4.69, 9.17) is 11.5 Å². The van der Waals surface area contributed by atoms with Crippen molar-refractivity contribution < 1.29 is 4.39 Å². The first-order valence-corrected chi connectivity index (χ1v) is 8.57. The molecule has 27 heavy (non-hydrogen) atoms. The Morgan fingerprint density at radius 3 is 1.96 bits per heavy atom. The summed E-state index contributed by atoms with van der Waals surface area (Å²) in [4.78, 5) is 0. The average molecular weight is 360 g/mol. The van der Waals surface area contributed by atoms with Crippen molar-refractivity contribution in [3.63, 3.8) is 0 Å². The molecule has 5 heteroatoms. The minimum Gasteiger partial charge on any atom is -0.394 e. The van der Waals surface area contributed by atoms with Crippen LogP contribution in [0.25, 0.3) is 11.3 Å². The van der Waals surface area contributed by atoms with Crippen LogP contribution in [0.4, 0.5) is 15.9 Å². The molecule has 0 aliphatic rings. The second-order valence-corrected chi connectivity index (χ2v) is 5.96. The molecule has 1 aromatic heterocycles. The van der Waals surface area contributed by atoms with E-state index in [1.807, 2.05) is 66.7 Å². The van der Waals surface area contributed by atoms with Gasteiger partial charge in [-0.2, -0.15) is 5.10 Å². The monoisotopic (exact) mass is 360 g/mol. The van der Waals surface area contributed by atoms with Crippen molar-refractivity contribution in [3.05, 3.63) is 102 Å². The maximum absolute atomic E-state index is 13.3. The zero-order chi connectivity index (χ0) is 19.1. The predicted molar refractivity (Wildman–Crippen MR) is 108 cm³/mol. The van der Waals surface area contributed by atoms with Gasteiger partial charge in [-0.3, -0.25) is 0 Å². The molecule has 0 radical (unpaired) electrons. The second kappa shape index (κ2) is 8.67. The Hall–Kier alpha value is -3.60. The first kappa shape index (κ1) is 18.2. The molecule has 0 aliphatic heterocycles. The van der Waals surface area contributed by atoms with Gasteiger partial charge in [0.1, 0.15) is 23.0 Å². The number of nitrogen functional groups attached to an aromatic ring is 2. The van der Waals surface area contributed by atoms with Gasteiger partial charge in [0.05, 0.1) is 6.54 Å². The van der Waals surface area contributed by atoms with E-state index in [-0.39, 0.29) is 5.82 Å². The molecule has 0 saturated heterocycles. The minimum atomic E-state index is -0.330. The number of rotatable bonds is 3. The first-order chi connectivity index (χ1) is 13.1. The van der Waals surface area contributed by atoms with Crippen molar-refractivity contribution in [2.45, 2.75) is 6.54 Å². The number of nitrogens with zero attached hydrogens (tertiary/aromatic N) is 2. The van der Waals surface area contributed by atoms with Crippen LogP contribution in [0.15, 0.2) is 91.0 Å². The fraction of sp³-hybridized carbons (Fsp3) is 0.0455. The van der Waals surface area contributed by atoms with Gasteiger partial charge < -0.3 is 11.5 Å². The summed E-state index contributed by atoms with van der Waals surface area (Å²) in [6, 6.07) is 28.0. The topological polar surface area (TPSA) is 69.9 Å². The van der Waals surface area contributed by atoms with Crippen LogP contribution in [-0.4, -0.2) is 9.78 Å². The highest BCUT2D eigenvalue weighted by atomic mass is 19.1. The molecule has 0 unspecified atom stereocenters. The zero-order valence-corrected chi connectivity index (χ0v) is 14.8. The third kappa shape index (κ3) is 4.73. The lowest BCUT2D eigenvalue weighted by Gasteiger charge is -2.03. The summed E-state index contributed by atoms with van der Waals surface area (Å²) in [6.07, 6.45) is 0. The maximum Gasteiger partial charge on any atom is 0.146 e. The van der Waals surface area contributed by atoms with E-state index in [2.05, 4.69) is 5.10 Å². The Morgan fingerprint density at radius 2 is 1.37 bits per heavy atom. The van der Waals surface area contributed by atoms with Crippen LogP contribution in [0, 0.1) is 5.82 Å². The van der Waals surface area contributed by atoms with Gasteiger partial charge in [0, 0.05) is 5.56 Å². The lowest BCUT2D eigenvalue weighted by molar-refractivity contribution is 0.628. The standard InChI is InChI=1S/C16H15FN4.C6H6/c17-13-8-4-7-12(9-13)15-14(18)16(19)21(20-15)10-11-5-2-1-3-6-11;1-2-4-6-5-3-1/h1-9H,10,18-19H2;1-6H. The van der Waals surface area contributed by atoms with Crippen LogP contribution in [0.1, 0.15) is 5.56 Å². The molecule has 0 fully saturated rings. The Bertz CT molecular complexity index is 955. The molecule has 4 nitrogen and oxygen atoms in total. The number of aromatic nitrogens is 2. The first-order valence-electron chi connectivity index (χ1n) is 8.57. The molecular weight excluding hydrogens is 339 g/mol. The lowest BCUT2D eigenvalue weighted by Crippen LogP contribution is -2.06. The summed E-state index contributed by atoms with van der Waals surface area (Å²) in [7, 11) is 0. The molecule has 3 aromatic carbocycles. The molecule has 0 saturated carbocycles. The Kier molecular flexibility index (Phi) is 5.84. The van der Waals surface area contributed by atoms with Gasteiger partial charge in [0.25, 0.3) is 0 Å². The Morgan fingerprint density at radius 1 is 0.778 bits per heavy atom. The normalized spacial score (nSPS) is 10.1. The van der Waals surface area contributed by atoms with Crippen LogP contribution in [-0.2, 0) is 6.54 Å². The minimum absolute atomic E-state index is 0.330. The van der Waals surface area contributed by atoms with Crippen molar-refractivity contribution >= 4 is 11.5 Å². The number of anilines is 2. The van der Waals surface area contributed by atoms with E-state index in [0.717, 1.165) is 5.56 Å². The van der Waals surface area contributed by atoms with E-state index in [9.17, 15) is 4.39 Å². The molecule has 0 bridgehead atoms. The zero-order valence-electron chi connectivity index (χ0n) is 14.8. The van der Waals surface area contributed by atoms with Gasteiger partial charge in [0.2, 0.25) is 0 Å². The largest absolute Gasteiger partial charge is 0.394 e. The molecule has 136 valence electrons. The molecule has 0 spiro atoms. The van der Waals surface area contributed by atoms with E-state index in [0.29, 0.717) is 29.3 Å². The van der Waals surface area contributed by atoms with Gasteiger partial charge in [-0.1, -0.05) is 78.9 Å². The van der Waals surface area contributed by atoms with Crippen LogP contribution in [0.2, 0.25) is 0 Å². The number of hydrogen-bond acceptors (Lipinski definition) is 3. The summed E-state index contributed by atoms with van der Waals surface area (Å²) in [5.41, 5.74) is 14.6.